The van der Waals surface area contributed by atoms with E-state index in [0.29, 0.717) is 19.0 Å². The monoisotopic (exact) mass is 226 g/mol. The fourth-order valence-electron chi connectivity index (χ4n) is 1.80. The van der Waals surface area contributed by atoms with Crippen molar-refractivity contribution in [2.75, 3.05) is 20.2 Å². The second kappa shape index (κ2) is 5.72. The lowest BCUT2D eigenvalue weighted by Gasteiger charge is -2.27. The molecule has 1 aliphatic rings. The lowest BCUT2D eigenvalue weighted by atomic mass is 9.96. The van der Waals surface area contributed by atoms with Gasteiger partial charge in [-0.2, -0.15) is 0 Å². The van der Waals surface area contributed by atoms with E-state index in [1.807, 2.05) is 6.92 Å². The summed E-state index contributed by atoms with van der Waals surface area (Å²) in [6.45, 7) is 2.98. The van der Waals surface area contributed by atoms with Crippen LogP contribution in [-0.4, -0.2) is 31.7 Å². The Labute approximate surface area is 95.0 Å². The summed E-state index contributed by atoms with van der Waals surface area (Å²) < 4.78 is 4.81. The number of carbonyl (C=O) groups excluding carboxylic acids is 1. The van der Waals surface area contributed by atoms with Gasteiger partial charge in [0.2, 0.25) is 0 Å². The quantitative estimate of drug-likeness (QED) is 0.235. The van der Waals surface area contributed by atoms with Gasteiger partial charge >= 0.3 is 5.97 Å². The highest BCUT2D eigenvalue weighted by Crippen LogP contribution is 2.40. The van der Waals surface area contributed by atoms with Crippen LogP contribution in [-0.2, 0) is 9.53 Å². The Balaban J connectivity index is 2.39. The van der Waals surface area contributed by atoms with E-state index in [1.165, 1.54) is 7.11 Å². The van der Waals surface area contributed by atoms with Crippen molar-refractivity contribution in [2.45, 2.75) is 31.7 Å². The highest BCUT2D eigenvalue weighted by atomic mass is 16.5. The van der Waals surface area contributed by atoms with E-state index < -0.39 is 5.54 Å². The van der Waals surface area contributed by atoms with Gasteiger partial charge in [0.1, 0.15) is 5.54 Å². The van der Waals surface area contributed by atoms with Crippen LogP contribution in [0, 0.1) is 5.92 Å². The van der Waals surface area contributed by atoms with Crippen LogP contribution in [0.4, 0.5) is 0 Å². The lowest BCUT2D eigenvalue weighted by molar-refractivity contribution is -0.148. The largest absolute Gasteiger partial charge is 0.468 e. The number of azide groups is 1. The van der Waals surface area contributed by atoms with Crippen LogP contribution in [0.25, 0.3) is 10.4 Å². The molecule has 1 unspecified atom stereocenters. The molecule has 6 heteroatoms. The fourth-order valence-corrected chi connectivity index (χ4v) is 1.80. The molecule has 90 valence electrons. The van der Waals surface area contributed by atoms with E-state index in [4.69, 9.17) is 10.3 Å². The number of hydrogen-bond donors (Lipinski definition) is 1. The first kappa shape index (κ1) is 12.8. The summed E-state index contributed by atoms with van der Waals surface area (Å²) in [6, 6.07) is 0. The van der Waals surface area contributed by atoms with Crippen molar-refractivity contribution in [1.29, 1.82) is 0 Å². The Bertz CT molecular complexity index is 297. The fraction of sp³-hybridized carbons (Fsp3) is 0.900. The second-order valence-corrected chi connectivity index (χ2v) is 4.20. The third kappa shape index (κ3) is 3.12. The maximum Gasteiger partial charge on any atom is 0.326 e. The highest BCUT2D eigenvalue weighted by Gasteiger charge is 2.47. The van der Waals surface area contributed by atoms with Gasteiger partial charge in [-0.15, -0.1) is 0 Å². The van der Waals surface area contributed by atoms with E-state index in [2.05, 4.69) is 15.3 Å². The maximum atomic E-state index is 11.7. The SMILES string of the molecule is COC(=O)C(C)(NCCCN=[N+]=[N-])C1CC1. The van der Waals surface area contributed by atoms with Crippen LogP contribution < -0.4 is 5.32 Å². The predicted molar refractivity (Wildman–Crippen MR) is 59.8 cm³/mol. The van der Waals surface area contributed by atoms with Crippen molar-refractivity contribution in [1.82, 2.24) is 5.32 Å². The van der Waals surface area contributed by atoms with E-state index in [9.17, 15) is 4.79 Å². The average Bonchev–Trinajstić information content (AvgIpc) is 3.11. The molecule has 0 spiro atoms. The molecule has 1 fully saturated rings. The van der Waals surface area contributed by atoms with Crippen LogP contribution in [0.15, 0.2) is 5.11 Å². The Morgan fingerprint density at radius 3 is 2.88 bits per heavy atom. The molecule has 16 heavy (non-hydrogen) atoms. The van der Waals surface area contributed by atoms with Gasteiger partial charge < -0.3 is 10.1 Å². The molecule has 1 atom stereocenters. The molecule has 1 N–H and O–H groups in total. The van der Waals surface area contributed by atoms with Crippen LogP contribution >= 0.6 is 0 Å². The van der Waals surface area contributed by atoms with E-state index in [0.717, 1.165) is 19.3 Å². The highest BCUT2D eigenvalue weighted by molar-refractivity contribution is 5.81. The summed E-state index contributed by atoms with van der Waals surface area (Å²) >= 11 is 0. The topological polar surface area (TPSA) is 87.1 Å². The Hall–Kier alpha value is -1.26. The van der Waals surface area contributed by atoms with Gasteiger partial charge in [-0.1, -0.05) is 5.11 Å². The number of nitrogens with zero attached hydrogens (tertiary/aromatic N) is 3. The van der Waals surface area contributed by atoms with Gasteiger partial charge in [-0.25, -0.2) is 0 Å². The van der Waals surface area contributed by atoms with E-state index in [1.54, 1.807) is 0 Å². The molecule has 0 amide bonds. The first-order chi connectivity index (χ1) is 7.65. The zero-order valence-corrected chi connectivity index (χ0v) is 9.77. The molecule has 0 aromatic carbocycles. The summed E-state index contributed by atoms with van der Waals surface area (Å²) in [5.41, 5.74) is 7.54. The predicted octanol–water partition coefficient (Wildman–Crippen LogP) is 1.62. The number of hydrogen-bond acceptors (Lipinski definition) is 4. The molecule has 0 bridgehead atoms. The van der Waals surface area contributed by atoms with Crippen LogP contribution in [0.1, 0.15) is 26.2 Å². The minimum Gasteiger partial charge on any atom is -0.468 e. The standard InChI is InChI=1S/C10H18N4O2/c1-10(8-4-5-8,9(15)16-2)12-6-3-7-13-14-11/h8,12H,3-7H2,1-2H3. The van der Waals surface area contributed by atoms with Gasteiger partial charge in [0, 0.05) is 11.5 Å². The van der Waals surface area contributed by atoms with Gasteiger partial charge in [0.05, 0.1) is 7.11 Å². The zero-order valence-electron chi connectivity index (χ0n) is 9.77. The minimum atomic E-state index is -0.578. The van der Waals surface area contributed by atoms with Crippen molar-refractivity contribution in [3.63, 3.8) is 0 Å². The number of esters is 1. The molecule has 0 aromatic heterocycles. The first-order valence-electron chi connectivity index (χ1n) is 5.49. The van der Waals surface area contributed by atoms with Crippen LogP contribution in [0.3, 0.4) is 0 Å². The van der Waals surface area contributed by atoms with Gasteiger partial charge in [-0.05, 0) is 44.2 Å². The second-order valence-electron chi connectivity index (χ2n) is 4.20. The molecule has 1 rings (SSSR count). The maximum absolute atomic E-state index is 11.7. The third-order valence-electron chi connectivity index (χ3n) is 2.99. The molecule has 6 nitrogen and oxygen atoms in total. The number of carbonyl (C=O) groups is 1. The molecule has 1 aliphatic carbocycles. The smallest absolute Gasteiger partial charge is 0.326 e. The van der Waals surface area contributed by atoms with Gasteiger partial charge in [0.15, 0.2) is 0 Å². The molecule has 0 saturated heterocycles. The van der Waals surface area contributed by atoms with Gasteiger partial charge in [0.25, 0.3) is 0 Å². The Morgan fingerprint density at radius 1 is 1.69 bits per heavy atom. The summed E-state index contributed by atoms with van der Waals surface area (Å²) in [4.78, 5) is 14.3. The molecular formula is C10H18N4O2. The number of nitrogens with one attached hydrogen (secondary N) is 1. The minimum absolute atomic E-state index is 0.209. The molecular weight excluding hydrogens is 208 g/mol. The Morgan fingerprint density at radius 2 is 2.38 bits per heavy atom. The number of ether oxygens (including phenoxy) is 1. The Kier molecular flexibility index (Phi) is 4.58. The first-order valence-corrected chi connectivity index (χ1v) is 5.49. The van der Waals surface area contributed by atoms with Crippen LogP contribution in [0.5, 0.6) is 0 Å². The molecule has 0 heterocycles. The number of rotatable bonds is 7. The zero-order chi connectivity index (χ0) is 12.0. The molecule has 0 aliphatic heterocycles. The van der Waals surface area contributed by atoms with E-state index in [-0.39, 0.29) is 5.97 Å². The van der Waals surface area contributed by atoms with Crippen molar-refractivity contribution in [3.8, 4) is 0 Å². The summed E-state index contributed by atoms with van der Waals surface area (Å²) in [5.74, 6) is 0.165. The van der Waals surface area contributed by atoms with E-state index >= 15 is 0 Å². The summed E-state index contributed by atoms with van der Waals surface area (Å²) in [6.07, 6.45) is 2.85. The molecule has 0 radical (unpaired) electrons. The molecule has 1 saturated carbocycles. The van der Waals surface area contributed by atoms with Crippen molar-refractivity contribution in [2.24, 2.45) is 11.0 Å². The van der Waals surface area contributed by atoms with Crippen LogP contribution in [0.2, 0.25) is 0 Å². The summed E-state index contributed by atoms with van der Waals surface area (Å²) in [5, 5.41) is 6.65. The van der Waals surface area contributed by atoms with Gasteiger partial charge in [-0.3, -0.25) is 4.79 Å². The normalized spacial score (nSPS) is 18.4. The van der Waals surface area contributed by atoms with Crippen molar-refractivity contribution >= 4 is 5.97 Å². The molecule has 0 aromatic rings. The summed E-state index contributed by atoms with van der Waals surface area (Å²) in [7, 11) is 1.41. The lowest BCUT2D eigenvalue weighted by Crippen LogP contribution is -2.52. The number of methoxy groups -OCH3 is 1. The average molecular weight is 226 g/mol. The van der Waals surface area contributed by atoms with Crippen molar-refractivity contribution in [3.05, 3.63) is 10.4 Å². The van der Waals surface area contributed by atoms with Crippen molar-refractivity contribution < 1.29 is 9.53 Å². The third-order valence-corrected chi connectivity index (χ3v) is 2.99.